The lowest BCUT2D eigenvalue weighted by atomic mass is 10.2. The van der Waals surface area contributed by atoms with Crippen molar-refractivity contribution in [2.75, 3.05) is 12.3 Å². The van der Waals surface area contributed by atoms with Crippen LogP contribution in [0.3, 0.4) is 0 Å². The second kappa shape index (κ2) is 5.05. The molecule has 2 heterocycles. The molecule has 1 fully saturated rings. The number of anilines is 1. The van der Waals surface area contributed by atoms with Crippen molar-refractivity contribution in [2.24, 2.45) is 5.73 Å². The molecule has 0 radical (unpaired) electrons. The van der Waals surface area contributed by atoms with Gasteiger partial charge in [0, 0.05) is 24.3 Å². The predicted octanol–water partition coefficient (Wildman–Crippen LogP) is 0.676. The highest BCUT2D eigenvalue weighted by atomic mass is 16.3. The monoisotopic (exact) mass is 273 g/mol. The molecule has 0 bridgehead atoms. The molecule has 6 heteroatoms. The van der Waals surface area contributed by atoms with Gasteiger partial charge < -0.3 is 26.3 Å². The SMILES string of the molecule is N/C(=C\NCc1cn2cc(C3CC3)cc(N)c2n1)CO. The first-order valence-electron chi connectivity index (χ1n) is 6.73. The molecule has 0 unspecified atom stereocenters. The molecular formula is C14H19N5O. The van der Waals surface area contributed by atoms with E-state index < -0.39 is 0 Å². The zero-order valence-electron chi connectivity index (χ0n) is 11.2. The van der Waals surface area contributed by atoms with Crippen molar-refractivity contribution in [2.45, 2.75) is 25.3 Å². The molecular weight excluding hydrogens is 254 g/mol. The average molecular weight is 273 g/mol. The van der Waals surface area contributed by atoms with Gasteiger partial charge in [0.05, 0.1) is 24.5 Å². The molecule has 20 heavy (non-hydrogen) atoms. The number of pyridine rings is 1. The molecule has 0 spiro atoms. The number of aliphatic hydroxyl groups is 1. The normalized spacial score (nSPS) is 15.8. The number of aromatic nitrogens is 2. The lowest BCUT2D eigenvalue weighted by Crippen LogP contribution is -2.11. The average Bonchev–Trinajstić information content (AvgIpc) is 3.19. The summed E-state index contributed by atoms with van der Waals surface area (Å²) in [5.74, 6) is 0.665. The van der Waals surface area contributed by atoms with E-state index in [9.17, 15) is 0 Å². The molecule has 1 aliphatic rings. The van der Waals surface area contributed by atoms with Crippen molar-refractivity contribution in [1.29, 1.82) is 0 Å². The van der Waals surface area contributed by atoms with Crippen LogP contribution in [-0.2, 0) is 6.54 Å². The van der Waals surface area contributed by atoms with Crippen LogP contribution in [0.2, 0.25) is 0 Å². The molecule has 0 aliphatic heterocycles. The quantitative estimate of drug-likeness (QED) is 0.641. The zero-order valence-corrected chi connectivity index (χ0v) is 11.2. The standard InChI is InChI=1S/C14H19N5O/c15-11(8-20)4-17-5-12-7-19-6-10(9-1-2-9)3-13(16)14(19)18-12/h3-4,6-7,9,17,20H,1-2,5,8,15-16H2/b11-4-. The highest BCUT2D eigenvalue weighted by molar-refractivity contribution is 5.66. The predicted molar refractivity (Wildman–Crippen MR) is 77.8 cm³/mol. The van der Waals surface area contributed by atoms with Crippen LogP contribution in [0.4, 0.5) is 5.69 Å². The van der Waals surface area contributed by atoms with Gasteiger partial charge in [0.25, 0.3) is 0 Å². The second-order valence-corrected chi connectivity index (χ2v) is 5.22. The van der Waals surface area contributed by atoms with Crippen LogP contribution in [0.25, 0.3) is 5.65 Å². The third-order valence-electron chi connectivity index (χ3n) is 3.45. The molecule has 0 atom stereocenters. The van der Waals surface area contributed by atoms with Gasteiger partial charge in [-0.25, -0.2) is 4.98 Å². The largest absolute Gasteiger partial charge is 0.399 e. The number of nitrogens with two attached hydrogens (primary N) is 2. The van der Waals surface area contributed by atoms with Gasteiger partial charge in [-0.05, 0) is 30.4 Å². The van der Waals surface area contributed by atoms with Gasteiger partial charge in [-0.1, -0.05) is 0 Å². The van der Waals surface area contributed by atoms with Crippen LogP contribution >= 0.6 is 0 Å². The Morgan fingerprint density at radius 2 is 2.30 bits per heavy atom. The van der Waals surface area contributed by atoms with E-state index in [0.29, 0.717) is 23.8 Å². The zero-order chi connectivity index (χ0) is 14.1. The van der Waals surface area contributed by atoms with E-state index >= 15 is 0 Å². The summed E-state index contributed by atoms with van der Waals surface area (Å²) in [6, 6.07) is 2.03. The highest BCUT2D eigenvalue weighted by Crippen LogP contribution is 2.40. The van der Waals surface area contributed by atoms with Gasteiger partial charge in [-0.2, -0.15) is 0 Å². The molecule has 1 saturated carbocycles. The summed E-state index contributed by atoms with van der Waals surface area (Å²) in [6.07, 6.45) is 8.16. The van der Waals surface area contributed by atoms with Crippen molar-refractivity contribution in [3.8, 4) is 0 Å². The third kappa shape index (κ3) is 2.55. The number of fused-ring (bicyclic) bond motifs is 1. The second-order valence-electron chi connectivity index (χ2n) is 5.22. The maximum Gasteiger partial charge on any atom is 0.160 e. The maximum atomic E-state index is 8.80. The fourth-order valence-corrected chi connectivity index (χ4v) is 2.26. The van der Waals surface area contributed by atoms with Crippen molar-refractivity contribution < 1.29 is 5.11 Å². The van der Waals surface area contributed by atoms with Gasteiger partial charge in [-0.15, -0.1) is 0 Å². The van der Waals surface area contributed by atoms with Crippen LogP contribution in [0.1, 0.15) is 30.0 Å². The van der Waals surface area contributed by atoms with Gasteiger partial charge in [0.1, 0.15) is 0 Å². The Bertz CT molecular complexity index is 657. The summed E-state index contributed by atoms with van der Waals surface area (Å²) in [5, 5.41) is 11.8. The maximum absolute atomic E-state index is 8.80. The third-order valence-corrected chi connectivity index (χ3v) is 3.45. The Balaban J connectivity index is 1.81. The Labute approximate surface area is 117 Å². The molecule has 6 N–H and O–H groups in total. The number of nitrogens with zero attached hydrogens (tertiary/aromatic N) is 2. The summed E-state index contributed by atoms with van der Waals surface area (Å²) >= 11 is 0. The summed E-state index contributed by atoms with van der Waals surface area (Å²) in [6.45, 7) is 0.385. The summed E-state index contributed by atoms with van der Waals surface area (Å²) < 4.78 is 1.99. The molecule has 0 amide bonds. The number of hydrogen-bond acceptors (Lipinski definition) is 5. The smallest absolute Gasteiger partial charge is 0.160 e. The summed E-state index contributed by atoms with van der Waals surface area (Å²) in [5.41, 5.74) is 15.6. The molecule has 2 aromatic heterocycles. The van der Waals surface area contributed by atoms with E-state index in [4.69, 9.17) is 16.6 Å². The van der Waals surface area contributed by atoms with E-state index in [1.165, 1.54) is 18.4 Å². The number of rotatable bonds is 5. The fraction of sp³-hybridized carbons (Fsp3) is 0.357. The van der Waals surface area contributed by atoms with E-state index in [1.807, 2.05) is 16.7 Å². The van der Waals surface area contributed by atoms with Crippen LogP contribution in [0, 0.1) is 0 Å². The molecule has 6 nitrogen and oxygen atoms in total. The molecule has 2 aromatic rings. The van der Waals surface area contributed by atoms with Gasteiger partial charge in [0.15, 0.2) is 5.65 Å². The first-order valence-corrected chi connectivity index (χ1v) is 6.73. The minimum Gasteiger partial charge on any atom is -0.399 e. The summed E-state index contributed by atoms with van der Waals surface area (Å²) in [7, 11) is 0. The Morgan fingerprint density at radius 1 is 1.50 bits per heavy atom. The van der Waals surface area contributed by atoms with E-state index in [2.05, 4.69) is 16.5 Å². The van der Waals surface area contributed by atoms with E-state index in [1.54, 1.807) is 6.20 Å². The van der Waals surface area contributed by atoms with Crippen LogP contribution in [0.5, 0.6) is 0 Å². The number of hydrogen-bond donors (Lipinski definition) is 4. The van der Waals surface area contributed by atoms with Crippen molar-refractivity contribution in [3.63, 3.8) is 0 Å². The molecule has 1 aliphatic carbocycles. The number of aliphatic hydroxyl groups excluding tert-OH is 1. The Hall–Kier alpha value is -2.21. The molecule has 0 aromatic carbocycles. The molecule has 0 saturated heterocycles. The number of nitrogens with one attached hydrogen (secondary N) is 1. The van der Waals surface area contributed by atoms with Crippen molar-refractivity contribution >= 4 is 11.3 Å². The van der Waals surface area contributed by atoms with Gasteiger partial charge in [-0.3, -0.25) is 0 Å². The molecule has 106 valence electrons. The van der Waals surface area contributed by atoms with Crippen LogP contribution in [0.15, 0.2) is 30.4 Å². The van der Waals surface area contributed by atoms with Crippen molar-refractivity contribution in [3.05, 3.63) is 41.6 Å². The summed E-state index contributed by atoms with van der Waals surface area (Å²) in [4.78, 5) is 4.50. The first kappa shape index (κ1) is 12.8. The Kier molecular flexibility index (Phi) is 3.23. The first-order chi connectivity index (χ1) is 9.67. The van der Waals surface area contributed by atoms with E-state index in [0.717, 1.165) is 11.3 Å². The van der Waals surface area contributed by atoms with Crippen molar-refractivity contribution in [1.82, 2.24) is 14.7 Å². The fourth-order valence-electron chi connectivity index (χ4n) is 2.26. The molecule has 3 rings (SSSR count). The lowest BCUT2D eigenvalue weighted by Gasteiger charge is -2.02. The van der Waals surface area contributed by atoms with E-state index in [-0.39, 0.29) is 6.61 Å². The lowest BCUT2D eigenvalue weighted by molar-refractivity contribution is 0.329. The van der Waals surface area contributed by atoms with Crippen LogP contribution < -0.4 is 16.8 Å². The number of imidazole rings is 1. The minimum atomic E-state index is -0.157. The van der Waals surface area contributed by atoms with Gasteiger partial charge in [0.2, 0.25) is 0 Å². The van der Waals surface area contributed by atoms with Gasteiger partial charge >= 0.3 is 0 Å². The number of nitrogen functional groups attached to an aromatic ring is 1. The minimum absolute atomic E-state index is 0.157. The Morgan fingerprint density at radius 3 is 3.00 bits per heavy atom. The highest BCUT2D eigenvalue weighted by Gasteiger charge is 2.24. The van der Waals surface area contributed by atoms with Crippen LogP contribution in [-0.4, -0.2) is 21.1 Å². The topological polar surface area (TPSA) is 102 Å².